The summed E-state index contributed by atoms with van der Waals surface area (Å²) in [5.41, 5.74) is 0. The molecule has 0 unspecified atom stereocenters. The molecule has 2 rings (SSSR count). The van der Waals surface area contributed by atoms with E-state index >= 15 is 0 Å². The molecule has 1 aliphatic carbocycles. The number of ether oxygens (including phenoxy) is 2. The van der Waals surface area contributed by atoms with Crippen LogP contribution >= 0.6 is 0 Å². The zero-order chi connectivity index (χ0) is 15.4. The molecule has 1 saturated carbocycles. The summed E-state index contributed by atoms with van der Waals surface area (Å²) < 4.78 is 11.8. The van der Waals surface area contributed by atoms with Gasteiger partial charge in [-0.05, 0) is 37.0 Å². The summed E-state index contributed by atoms with van der Waals surface area (Å²) in [6.45, 7) is 9.06. The van der Waals surface area contributed by atoms with Gasteiger partial charge in [-0.15, -0.1) is 0 Å². The fourth-order valence-electron chi connectivity index (χ4n) is 3.87. The molecule has 0 aromatic heterocycles. The lowest BCUT2D eigenvalue weighted by atomic mass is 9.75. The van der Waals surface area contributed by atoms with Gasteiger partial charge < -0.3 is 9.47 Å². The molecular formula is C18H32O3. The smallest absolute Gasteiger partial charge is 0.308 e. The van der Waals surface area contributed by atoms with Gasteiger partial charge in [-0.25, -0.2) is 0 Å². The van der Waals surface area contributed by atoms with Crippen molar-refractivity contribution in [2.45, 2.75) is 85.0 Å². The van der Waals surface area contributed by atoms with E-state index in [2.05, 4.69) is 27.7 Å². The molecule has 0 N–H and O–H groups in total. The quantitative estimate of drug-likeness (QED) is 0.675. The molecule has 2 aliphatic rings. The van der Waals surface area contributed by atoms with Crippen molar-refractivity contribution < 1.29 is 14.3 Å². The summed E-state index contributed by atoms with van der Waals surface area (Å²) in [6, 6.07) is 0. The number of carbonyl (C=O) groups excluding carboxylic acids is 1. The number of cyclic esters (lactones) is 1. The minimum absolute atomic E-state index is 0.0777. The lowest BCUT2D eigenvalue weighted by Gasteiger charge is -2.38. The Hall–Kier alpha value is -0.570. The minimum Gasteiger partial charge on any atom is -0.435 e. The lowest BCUT2D eigenvalue weighted by molar-refractivity contribution is -0.196. The summed E-state index contributed by atoms with van der Waals surface area (Å²) in [4.78, 5) is 11.6. The Morgan fingerprint density at radius 1 is 1.33 bits per heavy atom. The normalized spacial score (nSPS) is 37.0. The molecule has 2 fully saturated rings. The first-order valence-corrected chi connectivity index (χ1v) is 8.86. The molecule has 3 nitrogen and oxygen atoms in total. The largest absolute Gasteiger partial charge is 0.435 e. The van der Waals surface area contributed by atoms with Crippen LogP contribution in [0.15, 0.2) is 0 Å². The van der Waals surface area contributed by atoms with Crippen molar-refractivity contribution in [2.75, 3.05) is 0 Å². The van der Waals surface area contributed by atoms with Gasteiger partial charge in [0.2, 0.25) is 6.29 Å². The van der Waals surface area contributed by atoms with Crippen LogP contribution < -0.4 is 0 Å². The van der Waals surface area contributed by atoms with Crippen LogP contribution in [-0.4, -0.2) is 18.4 Å². The molecule has 0 spiro atoms. The van der Waals surface area contributed by atoms with Crippen LogP contribution in [0.4, 0.5) is 0 Å². The fraction of sp³-hybridized carbons (Fsp3) is 0.944. The Balaban J connectivity index is 1.97. The van der Waals surface area contributed by atoms with Crippen molar-refractivity contribution in [3.05, 3.63) is 0 Å². The van der Waals surface area contributed by atoms with Crippen LogP contribution in [-0.2, 0) is 14.3 Å². The number of esters is 1. The highest BCUT2D eigenvalue weighted by Crippen LogP contribution is 2.38. The SMILES string of the molecule is CCCC[C@@H]1CC(=O)O[C@H]1O[C@@H]1C[C@H](C)CC[C@H]1C(C)C. The molecule has 3 heteroatoms. The zero-order valence-electron chi connectivity index (χ0n) is 14.1. The second-order valence-corrected chi connectivity index (χ2v) is 7.47. The first-order valence-electron chi connectivity index (χ1n) is 8.86. The monoisotopic (exact) mass is 296 g/mol. The van der Waals surface area contributed by atoms with Gasteiger partial charge in [0.05, 0.1) is 12.5 Å². The number of rotatable bonds is 6. The molecule has 0 radical (unpaired) electrons. The van der Waals surface area contributed by atoms with Gasteiger partial charge in [-0.1, -0.05) is 47.0 Å². The van der Waals surface area contributed by atoms with E-state index < -0.39 is 0 Å². The summed E-state index contributed by atoms with van der Waals surface area (Å²) >= 11 is 0. The third-order valence-electron chi connectivity index (χ3n) is 5.26. The molecule has 5 atom stereocenters. The maximum atomic E-state index is 11.6. The second-order valence-electron chi connectivity index (χ2n) is 7.47. The predicted molar refractivity (Wildman–Crippen MR) is 83.7 cm³/mol. The first-order chi connectivity index (χ1) is 10.0. The Morgan fingerprint density at radius 3 is 2.76 bits per heavy atom. The Kier molecular flexibility index (Phi) is 6.09. The van der Waals surface area contributed by atoms with E-state index in [1.54, 1.807) is 0 Å². The van der Waals surface area contributed by atoms with Crippen molar-refractivity contribution in [1.82, 2.24) is 0 Å². The van der Waals surface area contributed by atoms with E-state index in [1.165, 1.54) is 12.8 Å². The first kappa shape index (κ1) is 16.8. The molecule has 21 heavy (non-hydrogen) atoms. The van der Waals surface area contributed by atoms with E-state index in [9.17, 15) is 4.79 Å². The zero-order valence-corrected chi connectivity index (χ0v) is 14.1. The summed E-state index contributed by atoms with van der Waals surface area (Å²) in [7, 11) is 0. The molecule has 0 bridgehead atoms. The molecule has 1 aliphatic heterocycles. The molecule has 1 saturated heterocycles. The topological polar surface area (TPSA) is 35.5 Å². The van der Waals surface area contributed by atoms with Gasteiger partial charge in [0.1, 0.15) is 0 Å². The van der Waals surface area contributed by atoms with Crippen molar-refractivity contribution in [3.8, 4) is 0 Å². The van der Waals surface area contributed by atoms with Crippen molar-refractivity contribution in [2.24, 2.45) is 23.7 Å². The van der Waals surface area contributed by atoms with E-state index in [0.717, 1.165) is 31.6 Å². The van der Waals surface area contributed by atoms with Crippen LogP contribution in [0, 0.1) is 23.7 Å². The third kappa shape index (κ3) is 4.45. The van der Waals surface area contributed by atoms with Crippen molar-refractivity contribution >= 4 is 5.97 Å². The number of carbonyl (C=O) groups is 1. The Labute approximate surface area is 129 Å². The molecule has 0 aromatic rings. The second kappa shape index (κ2) is 7.62. The highest BCUT2D eigenvalue weighted by atomic mass is 16.7. The maximum Gasteiger partial charge on any atom is 0.308 e. The van der Waals surface area contributed by atoms with Gasteiger partial charge in [-0.3, -0.25) is 4.79 Å². The van der Waals surface area contributed by atoms with Crippen LogP contribution in [0.3, 0.4) is 0 Å². The Morgan fingerprint density at radius 2 is 2.10 bits per heavy atom. The van der Waals surface area contributed by atoms with Crippen LogP contribution in [0.25, 0.3) is 0 Å². The van der Waals surface area contributed by atoms with E-state index in [4.69, 9.17) is 9.47 Å². The van der Waals surface area contributed by atoms with Crippen LogP contribution in [0.1, 0.15) is 72.6 Å². The van der Waals surface area contributed by atoms with E-state index in [-0.39, 0.29) is 24.3 Å². The molecule has 0 aromatic carbocycles. The standard InChI is InChI=1S/C18H32O3/c1-5-6-7-14-11-17(19)21-18(14)20-16-10-13(4)8-9-15(16)12(2)3/h12-16,18H,5-11H2,1-4H3/t13-,14-,15+,16-,18-/m1/s1. The predicted octanol–water partition coefficient (Wildman–Crippen LogP) is 4.54. The molecule has 122 valence electrons. The third-order valence-corrected chi connectivity index (χ3v) is 5.26. The fourth-order valence-corrected chi connectivity index (χ4v) is 3.87. The maximum absolute atomic E-state index is 11.6. The minimum atomic E-state index is -0.291. The molecule has 0 amide bonds. The highest BCUT2D eigenvalue weighted by molar-refractivity contribution is 5.71. The van der Waals surface area contributed by atoms with Crippen molar-refractivity contribution in [3.63, 3.8) is 0 Å². The number of hydrogen-bond acceptors (Lipinski definition) is 3. The summed E-state index contributed by atoms with van der Waals surface area (Å²) in [6.07, 6.45) is 7.51. The van der Waals surface area contributed by atoms with Crippen LogP contribution in [0.2, 0.25) is 0 Å². The van der Waals surface area contributed by atoms with Gasteiger partial charge in [-0.2, -0.15) is 0 Å². The number of hydrogen-bond donors (Lipinski definition) is 0. The lowest BCUT2D eigenvalue weighted by Crippen LogP contribution is -2.38. The van der Waals surface area contributed by atoms with E-state index in [0.29, 0.717) is 18.3 Å². The molecule has 1 heterocycles. The van der Waals surface area contributed by atoms with Gasteiger partial charge in [0, 0.05) is 5.92 Å². The van der Waals surface area contributed by atoms with Crippen molar-refractivity contribution in [1.29, 1.82) is 0 Å². The van der Waals surface area contributed by atoms with Gasteiger partial charge in [0.15, 0.2) is 0 Å². The average Bonchev–Trinajstić information content (AvgIpc) is 2.76. The highest BCUT2D eigenvalue weighted by Gasteiger charge is 2.40. The van der Waals surface area contributed by atoms with Gasteiger partial charge >= 0.3 is 5.97 Å². The van der Waals surface area contributed by atoms with Crippen LogP contribution in [0.5, 0.6) is 0 Å². The average molecular weight is 296 g/mol. The van der Waals surface area contributed by atoms with Gasteiger partial charge in [0.25, 0.3) is 0 Å². The number of unbranched alkanes of at least 4 members (excludes halogenated alkanes) is 1. The summed E-state index contributed by atoms with van der Waals surface area (Å²) in [5.74, 6) is 2.14. The Bertz CT molecular complexity index is 339. The van der Waals surface area contributed by atoms with E-state index in [1.807, 2.05) is 0 Å². The molecular weight excluding hydrogens is 264 g/mol. The summed E-state index contributed by atoms with van der Waals surface area (Å²) in [5, 5.41) is 0.